The van der Waals surface area contributed by atoms with Crippen LogP contribution in [0.2, 0.25) is 0 Å². The van der Waals surface area contributed by atoms with Gasteiger partial charge >= 0.3 is 0 Å². The van der Waals surface area contributed by atoms with Crippen molar-refractivity contribution in [2.75, 3.05) is 13.7 Å². The molecule has 1 unspecified atom stereocenters. The molecule has 0 spiro atoms. The molecular weight excluding hydrogens is 242 g/mol. The van der Waals surface area contributed by atoms with Gasteiger partial charge in [-0.3, -0.25) is 4.79 Å². The molecule has 0 aliphatic heterocycles. The van der Waals surface area contributed by atoms with Crippen LogP contribution in [-0.4, -0.2) is 29.5 Å². The first-order chi connectivity index (χ1) is 9.31. The number of aromatic nitrogens is 2. The van der Waals surface area contributed by atoms with E-state index in [0.717, 1.165) is 11.4 Å². The van der Waals surface area contributed by atoms with Crippen molar-refractivity contribution < 1.29 is 9.53 Å². The molecule has 1 amide bonds. The van der Waals surface area contributed by atoms with Crippen LogP contribution in [0.3, 0.4) is 0 Å². The Labute approximate surface area is 112 Å². The fourth-order valence-electron chi connectivity index (χ4n) is 1.85. The maximum absolute atomic E-state index is 12.0. The van der Waals surface area contributed by atoms with Crippen molar-refractivity contribution in [2.45, 2.75) is 12.5 Å². The number of carbonyl (C=O) groups is 1. The first-order valence-corrected chi connectivity index (χ1v) is 6.15. The molecule has 100 valence electrons. The highest BCUT2D eigenvalue weighted by atomic mass is 16.5. The first-order valence-electron chi connectivity index (χ1n) is 6.15. The number of benzene rings is 1. The number of rotatable bonds is 6. The van der Waals surface area contributed by atoms with Crippen molar-refractivity contribution in [2.24, 2.45) is 0 Å². The van der Waals surface area contributed by atoms with Crippen molar-refractivity contribution in [1.29, 1.82) is 0 Å². The van der Waals surface area contributed by atoms with Crippen LogP contribution in [0.5, 0.6) is 0 Å². The molecule has 2 aromatic rings. The van der Waals surface area contributed by atoms with Crippen LogP contribution in [0.25, 0.3) is 0 Å². The van der Waals surface area contributed by atoms with Gasteiger partial charge in [-0.05, 0) is 5.56 Å². The maximum Gasteiger partial charge on any atom is 0.253 e. The van der Waals surface area contributed by atoms with Crippen molar-refractivity contribution in [3.63, 3.8) is 0 Å². The number of H-pyrrole nitrogens is 1. The summed E-state index contributed by atoms with van der Waals surface area (Å²) < 4.78 is 5.25. The number of hydrogen-bond donors (Lipinski definition) is 2. The molecule has 2 N–H and O–H groups in total. The average molecular weight is 259 g/mol. The average Bonchev–Trinajstić information content (AvgIpc) is 2.94. The van der Waals surface area contributed by atoms with Crippen LogP contribution in [0.1, 0.15) is 17.5 Å². The smallest absolute Gasteiger partial charge is 0.253 e. The molecule has 0 saturated carbocycles. The highest BCUT2D eigenvalue weighted by molar-refractivity contribution is 5.82. The van der Waals surface area contributed by atoms with E-state index in [1.807, 2.05) is 30.3 Å². The molecule has 2 rings (SSSR count). The number of hydrogen-bond acceptors (Lipinski definition) is 3. The molecule has 5 nitrogen and oxygen atoms in total. The number of methoxy groups -OCH3 is 1. The van der Waals surface area contributed by atoms with E-state index in [2.05, 4.69) is 15.3 Å². The number of ether oxygens (including phenoxy) is 1. The van der Waals surface area contributed by atoms with Crippen molar-refractivity contribution in [3.8, 4) is 0 Å². The van der Waals surface area contributed by atoms with E-state index in [1.165, 1.54) is 7.11 Å². The van der Waals surface area contributed by atoms with Gasteiger partial charge in [0.15, 0.2) is 6.10 Å². The lowest BCUT2D eigenvalue weighted by Gasteiger charge is -2.15. The van der Waals surface area contributed by atoms with Crippen molar-refractivity contribution in [1.82, 2.24) is 15.3 Å². The van der Waals surface area contributed by atoms with Crippen LogP contribution in [0, 0.1) is 0 Å². The second kappa shape index (κ2) is 6.70. The zero-order valence-electron chi connectivity index (χ0n) is 10.8. The molecule has 1 aromatic carbocycles. The second-order valence-electron chi connectivity index (χ2n) is 4.10. The molecule has 19 heavy (non-hydrogen) atoms. The molecule has 0 radical (unpaired) electrons. The van der Waals surface area contributed by atoms with Crippen LogP contribution < -0.4 is 5.32 Å². The van der Waals surface area contributed by atoms with Gasteiger partial charge in [0.1, 0.15) is 5.82 Å². The van der Waals surface area contributed by atoms with Gasteiger partial charge in [0, 0.05) is 32.5 Å². The minimum atomic E-state index is -0.571. The molecule has 1 heterocycles. The monoisotopic (exact) mass is 259 g/mol. The predicted octanol–water partition coefficient (Wildman–Crippen LogP) is 1.46. The quantitative estimate of drug-likeness (QED) is 0.825. The summed E-state index contributed by atoms with van der Waals surface area (Å²) in [7, 11) is 1.53. The van der Waals surface area contributed by atoms with Crippen molar-refractivity contribution in [3.05, 3.63) is 54.1 Å². The first kappa shape index (κ1) is 13.3. The van der Waals surface area contributed by atoms with Gasteiger partial charge in [-0.25, -0.2) is 4.98 Å². The molecule has 1 aromatic heterocycles. The number of imidazole rings is 1. The van der Waals surface area contributed by atoms with E-state index < -0.39 is 6.10 Å². The summed E-state index contributed by atoms with van der Waals surface area (Å²) in [5, 5.41) is 2.85. The maximum atomic E-state index is 12.0. The minimum Gasteiger partial charge on any atom is -0.367 e. The Hall–Kier alpha value is -2.14. The van der Waals surface area contributed by atoms with Gasteiger partial charge in [0.25, 0.3) is 5.91 Å². The van der Waals surface area contributed by atoms with E-state index in [-0.39, 0.29) is 5.91 Å². The highest BCUT2D eigenvalue weighted by Gasteiger charge is 2.19. The molecule has 1 atom stereocenters. The number of amides is 1. The minimum absolute atomic E-state index is 0.139. The van der Waals surface area contributed by atoms with E-state index in [1.54, 1.807) is 12.4 Å². The zero-order valence-corrected chi connectivity index (χ0v) is 10.8. The topological polar surface area (TPSA) is 67.0 Å². The van der Waals surface area contributed by atoms with Gasteiger partial charge in [0.2, 0.25) is 0 Å². The molecule has 5 heteroatoms. The molecule has 0 aliphatic carbocycles. The summed E-state index contributed by atoms with van der Waals surface area (Å²) in [5.41, 5.74) is 0.848. The molecule has 0 saturated heterocycles. The highest BCUT2D eigenvalue weighted by Crippen LogP contribution is 2.15. The number of aromatic amines is 1. The fraction of sp³-hybridized carbons (Fsp3) is 0.286. The lowest BCUT2D eigenvalue weighted by molar-refractivity contribution is -0.131. The third-order valence-corrected chi connectivity index (χ3v) is 2.79. The Kier molecular flexibility index (Phi) is 4.69. The van der Waals surface area contributed by atoms with E-state index in [0.29, 0.717) is 13.0 Å². The third kappa shape index (κ3) is 3.66. The number of carbonyl (C=O) groups excluding carboxylic acids is 1. The Morgan fingerprint density at radius 1 is 1.42 bits per heavy atom. The Balaban J connectivity index is 1.87. The largest absolute Gasteiger partial charge is 0.367 e. The summed E-state index contributed by atoms with van der Waals surface area (Å²) in [6.45, 7) is 0.527. The molecular formula is C14H17N3O2. The normalized spacial score (nSPS) is 12.1. The third-order valence-electron chi connectivity index (χ3n) is 2.79. The van der Waals surface area contributed by atoms with Crippen molar-refractivity contribution >= 4 is 5.91 Å². The van der Waals surface area contributed by atoms with Crippen LogP contribution in [0.15, 0.2) is 42.7 Å². The predicted molar refractivity (Wildman–Crippen MR) is 71.5 cm³/mol. The molecule has 0 fully saturated rings. The van der Waals surface area contributed by atoms with E-state index >= 15 is 0 Å². The second-order valence-corrected chi connectivity index (χ2v) is 4.10. The van der Waals surface area contributed by atoms with Gasteiger partial charge in [0.05, 0.1) is 0 Å². The van der Waals surface area contributed by atoms with Gasteiger partial charge in [-0.2, -0.15) is 0 Å². The van der Waals surface area contributed by atoms with Gasteiger partial charge < -0.3 is 15.0 Å². The summed E-state index contributed by atoms with van der Waals surface area (Å²) >= 11 is 0. The summed E-state index contributed by atoms with van der Waals surface area (Å²) in [6, 6.07) is 9.43. The van der Waals surface area contributed by atoms with E-state index in [4.69, 9.17) is 4.74 Å². The zero-order chi connectivity index (χ0) is 13.5. The lowest BCUT2D eigenvalue weighted by Crippen LogP contribution is -2.32. The number of nitrogens with zero attached hydrogens (tertiary/aromatic N) is 1. The molecule has 0 aliphatic rings. The van der Waals surface area contributed by atoms with E-state index in [9.17, 15) is 4.79 Å². The van der Waals surface area contributed by atoms with Crippen LogP contribution in [0.4, 0.5) is 0 Å². The Morgan fingerprint density at radius 2 is 2.21 bits per heavy atom. The van der Waals surface area contributed by atoms with Crippen LogP contribution >= 0.6 is 0 Å². The molecule has 0 bridgehead atoms. The van der Waals surface area contributed by atoms with Gasteiger partial charge in [-0.1, -0.05) is 30.3 Å². The Bertz CT molecular complexity index is 497. The fourth-order valence-corrected chi connectivity index (χ4v) is 1.85. The standard InChI is InChI=1S/C14H17N3O2/c1-19-13(11-5-3-2-4-6-11)14(18)17-8-7-12-15-9-10-16-12/h2-6,9-10,13H,7-8H2,1H3,(H,15,16)(H,17,18). The summed E-state index contributed by atoms with van der Waals surface area (Å²) in [6.07, 6.45) is 3.56. The summed E-state index contributed by atoms with van der Waals surface area (Å²) in [5.74, 6) is 0.717. The number of nitrogens with one attached hydrogen (secondary N) is 2. The lowest BCUT2D eigenvalue weighted by atomic mass is 10.1. The summed E-state index contributed by atoms with van der Waals surface area (Å²) in [4.78, 5) is 19.1. The Morgan fingerprint density at radius 3 is 2.84 bits per heavy atom. The van der Waals surface area contributed by atoms with Gasteiger partial charge in [-0.15, -0.1) is 0 Å². The van der Waals surface area contributed by atoms with Crippen LogP contribution in [-0.2, 0) is 16.0 Å². The SMILES string of the molecule is COC(C(=O)NCCc1ncc[nH]1)c1ccccc1.